The molecule has 0 spiro atoms. The molecular formula is C15H26N4O. The van der Waals surface area contributed by atoms with Crippen LogP contribution in [0.15, 0.2) is 12.4 Å². The quantitative estimate of drug-likeness (QED) is 0.831. The lowest BCUT2D eigenvalue weighted by atomic mass is 10.00. The third-order valence-electron chi connectivity index (χ3n) is 3.97. The summed E-state index contributed by atoms with van der Waals surface area (Å²) in [6, 6.07) is 0.198. The highest BCUT2D eigenvalue weighted by molar-refractivity contribution is 5.76. The monoisotopic (exact) mass is 278 g/mol. The summed E-state index contributed by atoms with van der Waals surface area (Å²) >= 11 is 0. The molecule has 1 saturated carbocycles. The Kier molecular flexibility index (Phi) is 5.17. The number of hydrogen-bond donors (Lipinski definition) is 2. The number of nitrogens with two attached hydrogens (primary N) is 1. The molecule has 0 saturated heterocycles. The Hall–Kier alpha value is -1.36. The Labute approximate surface area is 120 Å². The van der Waals surface area contributed by atoms with Crippen molar-refractivity contribution in [1.82, 2.24) is 14.9 Å². The van der Waals surface area contributed by atoms with Crippen molar-refractivity contribution in [3.8, 4) is 0 Å². The Morgan fingerprint density at radius 1 is 1.55 bits per heavy atom. The van der Waals surface area contributed by atoms with E-state index in [9.17, 15) is 4.79 Å². The Morgan fingerprint density at radius 2 is 2.35 bits per heavy atom. The molecule has 1 aliphatic carbocycles. The van der Waals surface area contributed by atoms with Crippen molar-refractivity contribution in [2.45, 2.75) is 58.7 Å². The van der Waals surface area contributed by atoms with Crippen LogP contribution in [0.25, 0.3) is 0 Å². The molecular weight excluding hydrogens is 252 g/mol. The lowest BCUT2D eigenvalue weighted by Gasteiger charge is -2.15. The summed E-state index contributed by atoms with van der Waals surface area (Å²) in [4.78, 5) is 16.3. The number of imidazole rings is 1. The molecule has 0 unspecified atom stereocenters. The first-order chi connectivity index (χ1) is 9.56. The van der Waals surface area contributed by atoms with Crippen LogP contribution in [0, 0.1) is 11.8 Å². The zero-order valence-electron chi connectivity index (χ0n) is 12.5. The van der Waals surface area contributed by atoms with E-state index in [4.69, 9.17) is 5.73 Å². The van der Waals surface area contributed by atoms with E-state index >= 15 is 0 Å². The maximum absolute atomic E-state index is 12.0. The average Bonchev–Trinajstić information content (AvgIpc) is 2.97. The van der Waals surface area contributed by atoms with E-state index in [0.29, 0.717) is 24.8 Å². The van der Waals surface area contributed by atoms with Gasteiger partial charge in [-0.15, -0.1) is 0 Å². The highest BCUT2D eigenvalue weighted by atomic mass is 16.1. The third-order valence-corrected chi connectivity index (χ3v) is 3.97. The lowest BCUT2D eigenvalue weighted by Crippen LogP contribution is -2.32. The number of nitrogens with zero attached hydrogens (tertiary/aromatic N) is 2. The number of rotatable bonds is 6. The van der Waals surface area contributed by atoms with E-state index in [0.717, 1.165) is 31.6 Å². The van der Waals surface area contributed by atoms with Crippen molar-refractivity contribution in [3.05, 3.63) is 18.2 Å². The largest absolute Gasteiger partial charge is 0.349 e. The summed E-state index contributed by atoms with van der Waals surface area (Å²) in [5.74, 6) is 1.93. The van der Waals surface area contributed by atoms with Gasteiger partial charge in [0.2, 0.25) is 5.91 Å². The van der Waals surface area contributed by atoms with Gasteiger partial charge in [-0.1, -0.05) is 20.3 Å². The van der Waals surface area contributed by atoms with Gasteiger partial charge >= 0.3 is 0 Å². The van der Waals surface area contributed by atoms with Gasteiger partial charge in [0.1, 0.15) is 5.82 Å². The van der Waals surface area contributed by atoms with Gasteiger partial charge in [0.15, 0.2) is 0 Å². The third kappa shape index (κ3) is 4.07. The molecule has 1 fully saturated rings. The van der Waals surface area contributed by atoms with Crippen LogP contribution in [0.1, 0.15) is 45.4 Å². The number of carbonyl (C=O) groups is 1. The number of nitrogens with one attached hydrogen (secondary N) is 1. The fourth-order valence-corrected chi connectivity index (χ4v) is 2.87. The lowest BCUT2D eigenvalue weighted by molar-refractivity contribution is -0.122. The van der Waals surface area contributed by atoms with Crippen molar-refractivity contribution < 1.29 is 4.79 Å². The smallest absolute Gasteiger partial charge is 0.220 e. The van der Waals surface area contributed by atoms with Gasteiger partial charge in [-0.3, -0.25) is 4.79 Å². The van der Waals surface area contributed by atoms with Crippen molar-refractivity contribution in [1.29, 1.82) is 0 Å². The second-order valence-corrected chi connectivity index (χ2v) is 6.23. The minimum absolute atomic E-state index is 0.0893. The molecule has 0 bridgehead atoms. The molecule has 2 rings (SSSR count). The molecule has 1 aromatic heterocycles. The average molecular weight is 278 g/mol. The highest BCUT2D eigenvalue weighted by Crippen LogP contribution is 2.26. The summed E-state index contributed by atoms with van der Waals surface area (Å²) < 4.78 is 2.10. The van der Waals surface area contributed by atoms with Crippen LogP contribution in [-0.4, -0.2) is 21.5 Å². The van der Waals surface area contributed by atoms with Gasteiger partial charge in [0.05, 0.1) is 6.54 Å². The number of hydrogen-bond acceptors (Lipinski definition) is 3. The fraction of sp³-hybridized carbons (Fsp3) is 0.733. The van der Waals surface area contributed by atoms with Crippen LogP contribution < -0.4 is 11.1 Å². The molecule has 1 heterocycles. The molecule has 112 valence electrons. The van der Waals surface area contributed by atoms with E-state index in [2.05, 4.69) is 28.7 Å². The maximum atomic E-state index is 12.0. The van der Waals surface area contributed by atoms with Crippen LogP contribution in [0.4, 0.5) is 0 Å². The minimum atomic E-state index is 0.0893. The summed E-state index contributed by atoms with van der Waals surface area (Å²) in [6.07, 6.45) is 7.59. The predicted molar refractivity (Wildman–Crippen MR) is 78.8 cm³/mol. The molecule has 1 amide bonds. The van der Waals surface area contributed by atoms with Gasteiger partial charge in [-0.25, -0.2) is 4.98 Å². The zero-order valence-corrected chi connectivity index (χ0v) is 12.5. The predicted octanol–water partition coefficient (Wildman–Crippen LogP) is 1.67. The van der Waals surface area contributed by atoms with Gasteiger partial charge in [-0.05, 0) is 24.7 Å². The van der Waals surface area contributed by atoms with Crippen molar-refractivity contribution in [3.63, 3.8) is 0 Å². The van der Waals surface area contributed by atoms with E-state index in [1.54, 1.807) is 6.20 Å². The van der Waals surface area contributed by atoms with Crippen LogP contribution in [0.3, 0.4) is 0 Å². The molecule has 20 heavy (non-hydrogen) atoms. The van der Waals surface area contributed by atoms with Gasteiger partial charge in [0, 0.05) is 31.4 Å². The summed E-state index contributed by atoms with van der Waals surface area (Å²) in [6.45, 7) is 5.77. The summed E-state index contributed by atoms with van der Waals surface area (Å²) in [5, 5.41) is 2.97. The zero-order chi connectivity index (χ0) is 14.5. The first kappa shape index (κ1) is 15.0. The van der Waals surface area contributed by atoms with E-state index in [-0.39, 0.29) is 11.9 Å². The molecule has 1 aliphatic rings. The van der Waals surface area contributed by atoms with E-state index in [1.807, 2.05) is 6.20 Å². The first-order valence-electron chi connectivity index (χ1n) is 7.58. The Morgan fingerprint density at radius 3 is 3.00 bits per heavy atom. The molecule has 1 aromatic rings. The molecule has 5 nitrogen and oxygen atoms in total. The number of aromatic nitrogens is 2. The normalized spacial score (nSPS) is 22.4. The molecule has 0 aliphatic heterocycles. The number of carbonyl (C=O) groups excluding carboxylic acids is 1. The fourth-order valence-electron chi connectivity index (χ4n) is 2.87. The van der Waals surface area contributed by atoms with Gasteiger partial charge < -0.3 is 15.6 Å². The summed E-state index contributed by atoms with van der Waals surface area (Å²) in [5.41, 5.74) is 6.00. The SMILES string of the molecule is CC(C)Cn1ccnc1CNC(=O)C[C@@H]1CCC[C@H]1N. The van der Waals surface area contributed by atoms with Gasteiger partial charge in [-0.2, -0.15) is 0 Å². The number of amides is 1. The Balaban J connectivity index is 1.80. The van der Waals surface area contributed by atoms with E-state index in [1.165, 1.54) is 0 Å². The minimum Gasteiger partial charge on any atom is -0.349 e. The molecule has 2 atom stereocenters. The summed E-state index contributed by atoms with van der Waals surface area (Å²) in [7, 11) is 0. The molecule has 5 heteroatoms. The van der Waals surface area contributed by atoms with Gasteiger partial charge in [0.25, 0.3) is 0 Å². The highest BCUT2D eigenvalue weighted by Gasteiger charge is 2.25. The van der Waals surface area contributed by atoms with Crippen LogP contribution in [0.2, 0.25) is 0 Å². The Bertz CT molecular complexity index is 441. The van der Waals surface area contributed by atoms with E-state index < -0.39 is 0 Å². The van der Waals surface area contributed by atoms with Crippen LogP contribution >= 0.6 is 0 Å². The van der Waals surface area contributed by atoms with Crippen molar-refractivity contribution >= 4 is 5.91 Å². The first-order valence-corrected chi connectivity index (χ1v) is 7.58. The maximum Gasteiger partial charge on any atom is 0.220 e. The van der Waals surface area contributed by atoms with Crippen molar-refractivity contribution in [2.75, 3.05) is 0 Å². The topological polar surface area (TPSA) is 72.9 Å². The van der Waals surface area contributed by atoms with Crippen molar-refractivity contribution in [2.24, 2.45) is 17.6 Å². The van der Waals surface area contributed by atoms with Crippen LogP contribution in [0.5, 0.6) is 0 Å². The molecule has 3 N–H and O–H groups in total. The molecule has 0 aromatic carbocycles. The standard InChI is InChI=1S/C15H26N4O/c1-11(2)10-19-7-6-17-14(19)9-18-15(20)8-12-4-3-5-13(12)16/h6-7,11-13H,3-5,8-10,16H2,1-2H3,(H,18,20)/t12-,13+/m0/s1. The second-order valence-electron chi connectivity index (χ2n) is 6.23. The molecule has 0 radical (unpaired) electrons. The van der Waals surface area contributed by atoms with Crippen LogP contribution in [-0.2, 0) is 17.9 Å². The second kappa shape index (κ2) is 6.88.